The average molecular weight is 822 g/mol. The van der Waals surface area contributed by atoms with E-state index >= 15 is 0 Å². The summed E-state index contributed by atoms with van der Waals surface area (Å²) in [5, 5.41) is 5.15. The van der Waals surface area contributed by atoms with Crippen LogP contribution in [0.2, 0.25) is 0 Å². The minimum atomic E-state index is -0.0905. The van der Waals surface area contributed by atoms with Gasteiger partial charge >= 0.3 is 0 Å². The van der Waals surface area contributed by atoms with Crippen molar-refractivity contribution in [3.8, 4) is 55.6 Å². The summed E-state index contributed by atoms with van der Waals surface area (Å²) in [5.74, 6) is 0. The van der Waals surface area contributed by atoms with Crippen LogP contribution in [0.4, 0.5) is 17.1 Å². The van der Waals surface area contributed by atoms with Crippen molar-refractivity contribution in [1.29, 1.82) is 0 Å². The molecule has 12 rings (SSSR count). The normalized spacial score (nSPS) is 12.7. The molecule has 0 saturated heterocycles. The first-order valence-electron chi connectivity index (χ1n) is 21.8. The largest absolute Gasteiger partial charge is 0.311 e. The predicted molar refractivity (Wildman–Crippen MR) is 271 cm³/mol. The minimum Gasteiger partial charge on any atom is -0.311 e. The molecular weight excluding hydrogens is 779 g/mol. The molecule has 1 aliphatic rings. The van der Waals surface area contributed by atoms with Crippen molar-refractivity contribution in [3.63, 3.8) is 0 Å². The van der Waals surface area contributed by atoms with Gasteiger partial charge in [-0.15, -0.1) is 11.3 Å². The van der Waals surface area contributed by atoms with Gasteiger partial charge in [-0.2, -0.15) is 0 Å². The minimum absolute atomic E-state index is 0.0905. The van der Waals surface area contributed by atoms with Crippen LogP contribution in [-0.4, -0.2) is 0 Å². The van der Waals surface area contributed by atoms with E-state index in [4.69, 9.17) is 0 Å². The van der Waals surface area contributed by atoms with Crippen LogP contribution < -0.4 is 4.90 Å². The van der Waals surface area contributed by atoms with Gasteiger partial charge in [0, 0.05) is 42.6 Å². The molecule has 1 aromatic heterocycles. The topological polar surface area (TPSA) is 3.24 Å². The summed E-state index contributed by atoms with van der Waals surface area (Å²) >= 11 is 1.86. The number of nitrogens with zero attached hydrogens (tertiary/aromatic N) is 1. The van der Waals surface area contributed by atoms with Gasteiger partial charge < -0.3 is 4.90 Å². The molecular formula is C61H43NS. The number of anilines is 3. The lowest BCUT2D eigenvalue weighted by Crippen LogP contribution is -2.16. The van der Waals surface area contributed by atoms with Gasteiger partial charge in [0.1, 0.15) is 0 Å². The Morgan fingerprint density at radius 1 is 0.333 bits per heavy atom. The lowest BCUT2D eigenvalue weighted by molar-refractivity contribution is 0.662. The van der Waals surface area contributed by atoms with Gasteiger partial charge in [0.2, 0.25) is 0 Å². The molecule has 0 saturated carbocycles. The summed E-state index contributed by atoms with van der Waals surface area (Å²) in [7, 11) is 0. The summed E-state index contributed by atoms with van der Waals surface area (Å²) in [6, 6.07) is 82.8. The molecule has 298 valence electrons. The van der Waals surface area contributed by atoms with Crippen LogP contribution in [0.3, 0.4) is 0 Å². The number of hydrogen-bond acceptors (Lipinski definition) is 2. The number of hydrogen-bond donors (Lipinski definition) is 0. The molecule has 0 radical (unpaired) electrons. The molecule has 0 atom stereocenters. The fourth-order valence-corrected chi connectivity index (χ4v) is 11.2. The van der Waals surface area contributed by atoms with Gasteiger partial charge in [-0.3, -0.25) is 0 Å². The Hall–Kier alpha value is -7.52. The van der Waals surface area contributed by atoms with Crippen LogP contribution in [0.5, 0.6) is 0 Å². The van der Waals surface area contributed by atoms with Crippen LogP contribution in [0.15, 0.2) is 224 Å². The second kappa shape index (κ2) is 14.8. The SMILES string of the molecule is CC1(C)c2ccccc2-c2cccc(-c3ccc(N(c4ccc(-c5cccc(-c6ccc7ccccc7c6)c5)cc4)c4ccc(-c5ccc6sc7ccccc7c6c5)cc4)cc3)c21. The van der Waals surface area contributed by atoms with Crippen LogP contribution in [-0.2, 0) is 5.41 Å². The Morgan fingerprint density at radius 3 is 1.59 bits per heavy atom. The lowest BCUT2D eigenvalue weighted by atomic mass is 9.79. The first kappa shape index (κ1) is 37.3. The van der Waals surface area contributed by atoms with E-state index in [9.17, 15) is 0 Å². The summed E-state index contributed by atoms with van der Waals surface area (Å²) in [6.45, 7) is 4.73. The summed E-state index contributed by atoms with van der Waals surface area (Å²) in [5.41, 5.74) is 18.5. The molecule has 11 aromatic rings. The van der Waals surface area contributed by atoms with E-state index in [-0.39, 0.29) is 5.41 Å². The quantitative estimate of drug-likeness (QED) is 0.155. The van der Waals surface area contributed by atoms with E-state index in [1.54, 1.807) is 0 Å². The maximum absolute atomic E-state index is 2.38. The third kappa shape index (κ3) is 6.37. The maximum atomic E-state index is 2.38. The Labute approximate surface area is 372 Å². The molecule has 0 fully saturated rings. The molecule has 63 heavy (non-hydrogen) atoms. The van der Waals surface area contributed by atoms with E-state index < -0.39 is 0 Å². The van der Waals surface area contributed by atoms with Crippen molar-refractivity contribution in [2.24, 2.45) is 0 Å². The summed E-state index contributed by atoms with van der Waals surface area (Å²) in [4.78, 5) is 2.38. The fourth-order valence-electron chi connectivity index (χ4n) is 10.1. The standard InChI is InChI=1S/C61H43NS/c1-61(2)57-19-7-5-15-53(57)55-18-10-17-52(60(55)61)43-27-34-51(35-28-43)62(50-32-25-42(26-33-50)48-29-36-59-56(39-48)54-16-6-8-20-58(54)63-59)49-30-23-41(24-31-49)45-13-9-14-46(37-45)47-22-21-40-11-3-4-12-44(40)38-47/h3-39H,1-2H3. The third-order valence-electron chi connectivity index (χ3n) is 13.3. The van der Waals surface area contributed by atoms with Crippen LogP contribution in [0.1, 0.15) is 25.0 Å². The van der Waals surface area contributed by atoms with Gasteiger partial charge in [0.25, 0.3) is 0 Å². The molecule has 0 N–H and O–H groups in total. The highest BCUT2D eigenvalue weighted by Crippen LogP contribution is 2.52. The predicted octanol–water partition coefficient (Wildman–Crippen LogP) is 17.7. The first-order valence-corrected chi connectivity index (χ1v) is 22.6. The molecule has 1 aliphatic carbocycles. The van der Waals surface area contributed by atoms with Crippen molar-refractivity contribution < 1.29 is 0 Å². The van der Waals surface area contributed by atoms with E-state index in [1.165, 1.54) is 97.7 Å². The Bertz CT molecular complexity index is 3520. The zero-order chi connectivity index (χ0) is 42.1. The van der Waals surface area contributed by atoms with Crippen molar-refractivity contribution in [2.45, 2.75) is 19.3 Å². The zero-order valence-corrected chi connectivity index (χ0v) is 36.0. The molecule has 10 aromatic carbocycles. The molecule has 0 spiro atoms. The third-order valence-corrected chi connectivity index (χ3v) is 14.4. The molecule has 0 unspecified atom stereocenters. The smallest absolute Gasteiger partial charge is 0.0462 e. The van der Waals surface area contributed by atoms with Crippen molar-refractivity contribution in [3.05, 3.63) is 236 Å². The van der Waals surface area contributed by atoms with Crippen LogP contribution in [0, 0.1) is 0 Å². The Kier molecular flexibility index (Phi) is 8.77. The molecule has 0 amide bonds. The molecule has 2 heteroatoms. The van der Waals surface area contributed by atoms with Crippen LogP contribution in [0.25, 0.3) is 86.6 Å². The molecule has 0 bridgehead atoms. The Balaban J connectivity index is 0.915. The van der Waals surface area contributed by atoms with E-state index in [0.717, 1.165) is 17.1 Å². The maximum Gasteiger partial charge on any atom is 0.0462 e. The highest BCUT2D eigenvalue weighted by atomic mass is 32.1. The zero-order valence-electron chi connectivity index (χ0n) is 35.2. The van der Waals surface area contributed by atoms with E-state index in [2.05, 4.69) is 243 Å². The molecule has 1 heterocycles. The summed E-state index contributed by atoms with van der Waals surface area (Å²) in [6.07, 6.45) is 0. The van der Waals surface area contributed by atoms with E-state index in [1.807, 2.05) is 11.3 Å². The van der Waals surface area contributed by atoms with Crippen molar-refractivity contribution >= 4 is 59.3 Å². The van der Waals surface area contributed by atoms with Gasteiger partial charge in [-0.05, 0) is 144 Å². The number of thiophene rings is 1. The van der Waals surface area contributed by atoms with E-state index in [0.29, 0.717) is 0 Å². The van der Waals surface area contributed by atoms with Crippen LogP contribution >= 0.6 is 11.3 Å². The van der Waals surface area contributed by atoms with Gasteiger partial charge in [0.05, 0.1) is 0 Å². The second-order valence-electron chi connectivity index (χ2n) is 17.3. The Morgan fingerprint density at radius 2 is 0.841 bits per heavy atom. The van der Waals surface area contributed by atoms with Crippen molar-refractivity contribution in [1.82, 2.24) is 0 Å². The van der Waals surface area contributed by atoms with Gasteiger partial charge in [-0.1, -0.05) is 172 Å². The number of benzene rings is 10. The highest BCUT2D eigenvalue weighted by Gasteiger charge is 2.37. The average Bonchev–Trinajstić information content (AvgIpc) is 3.83. The fraction of sp³-hybridized carbons (Fsp3) is 0.0492. The lowest BCUT2D eigenvalue weighted by Gasteiger charge is -2.27. The second-order valence-corrected chi connectivity index (χ2v) is 18.4. The highest BCUT2D eigenvalue weighted by molar-refractivity contribution is 7.25. The molecule has 1 nitrogen and oxygen atoms in total. The molecule has 0 aliphatic heterocycles. The first-order chi connectivity index (χ1) is 31.0. The summed E-state index contributed by atoms with van der Waals surface area (Å²) < 4.78 is 2.65. The monoisotopic (exact) mass is 821 g/mol. The number of rotatable bonds is 7. The van der Waals surface area contributed by atoms with Crippen molar-refractivity contribution in [2.75, 3.05) is 4.90 Å². The van der Waals surface area contributed by atoms with Gasteiger partial charge in [-0.25, -0.2) is 0 Å². The van der Waals surface area contributed by atoms with Gasteiger partial charge in [0.15, 0.2) is 0 Å². The number of fused-ring (bicyclic) bond motifs is 7.